The second kappa shape index (κ2) is 6.41. The Hall–Kier alpha value is -2.34. The molecular formula is C15H14BrN3O2. The van der Waals surface area contributed by atoms with Gasteiger partial charge in [0.2, 0.25) is 5.91 Å². The summed E-state index contributed by atoms with van der Waals surface area (Å²) in [5.74, 6) is -0.390. The van der Waals surface area contributed by atoms with Crippen LogP contribution in [0.15, 0.2) is 46.9 Å². The van der Waals surface area contributed by atoms with Gasteiger partial charge in [0.15, 0.2) is 0 Å². The topological polar surface area (TPSA) is 84.2 Å². The van der Waals surface area contributed by atoms with E-state index in [9.17, 15) is 9.59 Å². The van der Waals surface area contributed by atoms with Crippen molar-refractivity contribution in [1.82, 2.24) is 0 Å². The minimum atomic E-state index is -0.249. The van der Waals surface area contributed by atoms with Crippen molar-refractivity contribution in [1.29, 1.82) is 0 Å². The number of halogens is 1. The Bertz CT molecular complexity index is 684. The van der Waals surface area contributed by atoms with Crippen LogP contribution in [0.4, 0.5) is 17.1 Å². The molecule has 2 aromatic carbocycles. The van der Waals surface area contributed by atoms with Gasteiger partial charge in [-0.1, -0.05) is 0 Å². The lowest BCUT2D eigenvalue weighted by atomic mass is 10.2. The van der Waals surface area contributed by atoms with Crippen LogP contribution in [0.3, 0.4) is 0 Å². The molecule has 0 saturated carbocycles. The number of nitrogens with two attached hydrogens (primary N) is 1. The molecule has 0 spiro atoms. The van der Waals surface area contributed by atoms with E-state index in [1.807, 2.05) is 0 Å². The van der Waals surface area contributed by atoms with Crippen molar-refractivity contribution >= 4 is 44.8 Å². The molecule has 4 N–H and O–H groups in total. The minimum Gasteiger partial charge on any atom is -0.398 e. The zero-order chi connectivity index (χ0) is 15.4. The summed E-state index contributed by atoms with van der Waals surface area (Å²) in [7, 11) is 0. The van der Waals surface area contributed by atoms with Gasteiger partial charge < -0.3 is 16.4 Å². The van der Waals surface area contributed by atoms with Crippen molar-refractivity contribution in [2.75, 3.05) is 16.4 Å². The van der Waals surface area contributed by atoms with Gasteiger partial charge in [-0.05, 0) is 58.4 Å². The second-order valence-corrected chi connectivity index (χ2v) is 5.30. The first kappa shape index (κ1) is 15.1. The molecule has 5 nitrogen and oxygen atoms in total. The highest BCUT2D eigenvalue weighted by Crippen LogP contribution is 2.21. The molecule has 2 aromatic rings. The molecule has 108 valence electrons. The molecule has 0 aliphatic carbocycles. The molecule has 0 atom stereocenters. The number of nitrogen functional groups attached to an aromatic ring is 1. The van der Waals surface area contributed by atoms with E-state index in [0.717, 1.165) is 4.47 Å². The van der Waals surface area contributed by atoms with Gasteiger partial charge in [-0.2, -0.15) is 0 Å². The van der Waals surface area contributed by atoms with Gasteiger partial charge in [0, 0.05) is 34.0 Å². The molecule has 2 amide bonds. The molecule has 0 heterocycles. The normalized spacial score (nSPS) is 10.0. The van der Waals surface area contributed by atoms with Crippen LogP contribution < -0.4 is 16.4 Å². The fraction of sp³-hybridized carbons (Fsp3) is 0.0667. The lowest BCUT2D eigenvalue weighted by molar-refractivity contribution is -0.114. The molecule has 0 fully saturated rings. The van der Waals surface area contributed by atoms with Crippen molar-refractivity contribution in [2.24, 2.45) is 0 Å². The summed E-state index contributed by atoms with van der Waals surface area (Å²) in [6, 6.07) is 11.9. The number of amides is 2. The van der Waals surface area contributed by atoms with Crippen LogP contribution in [-0.4, -0.2) is 11.8 Å². The van der Waals surface area contributed by atoms with Crippen molar-refractivity contribution < 1.29 is 9.59 Å². The van der Waals surface area contributed by atoms with Gasteiger partial charge in [-0.25, -0.2) is 0 Å². The molecule has 0 saturated heterocycles. The Morgan fingerprint density at radius 1 is 1.00 bits per heavy atom. The lowest BCUT2D eigenvalue weighted by Gasteiger charge is -2.08. The number of nitrogens with one attached hydrogen (secondary N) is 2. The molecule has 0 bridgehead atoms. The fourth-order valence-electron chi connectivity index (χ4n) is 1.73. The fourth-order valence-corrected chi connectivity index (χ4v) is 1.98. The summed E-state index contributed by atoms with van der Waals surface area (Å²) in [5, 5.41) is 5.42. The van der Waals surface area contributed by atoms with Gasteiger partial charge >= 0.3 is 0 Å². The minimum absolute atomic E-state index is 0.142. The first-order chi connectivity index (χ1) is 9.95. The molecular weight excluding hydrogens is 334 g/mol. The molecule has 6 heteroatoms. The SMILES string of the molecule is CC(=O)Nc1ccc(NC(=O)c2ccc(Br)c(N)c2)cc1. The molecule has 0 radical (unpaired) electrons. The highest BCUT2D eigenvalue weighted by Gasteiger charge is 2.08. The zero-order valence-corrected chi connectivity index (χ0v) is 12.9. The van der Waals surface area contributed by atoms with Crippen LogP contribution in [-0.2, 0) is 4.79 Å². The summed E-state index contributed by atoms with van der Waals surface area (Å²) >= 11 is 3.28. The third kappa shape index (κ3) is 4.06. The summed E-state index contributed by atoms with van der Waals surface area (Å²) in [4.78, 5) is 23.0. The van der Waals surface area contributed by atoms with Gasteiger partial charge in [-0.15, -0.1) is 0 Å². The molecule has 0 unspecified atom stereocenters. The van der Waals surface area contributed by atoms with Gasteiger partial charge in [-0.3, -0.25) is 9.59 Å². The first-order valence-electron chi connectivity index (χ1n) is 6.20. The predicted molar refractivity (Wildman–Crippen MR) is 87.3 cm³/mol. The predicted octanol–water partition coefficient (Wildman–Crippen LogP) is 3.24. The highest BCUT2D eigenvalue weighted by atomic mass is 79.9. The third-order valence-corrected chi connectivity index (χ3v) is 3.44. The van der Waals surface area contributed by atoms with Gasteiger partial charge in [0.1, 0.15) is 0 Å². The zero-order valence-electron chi connectivity index (χ0n) is 11.3. The van der Waals surface area contributed by atoms with Crippen molar-refractivity contribution in [3.05, 3.63) is 52.5 Å². The molecule has 0 aromatic heterocycles. The van der Waals surface area contributed by atoms with E-state index in [2.05, 4.69) is 26.6 Å². The number of hydrogen-bond donors (Lipinski definition) is 3. The number of benzene rings is 2. The molecule has 0 aliphatic rings. The Labute approximate surface area is 130 Å². The smallest absolute Gasteiger partial charge is 0.255 e. The first-order valence-corrected chi connectivity index (χ1v) is 6.99. The Morgan fingerprint density at radius 3 is 2.10 bits per heavy atom. The van der Waals surface area contributed by atoms with Gasteiger partial charge in [0.25, 0.3) is 5.91 Å². The number of hydrogen-bond acceptors (Lipinski definition) is 3. The monoisotopic (exact) mass is 347 g/mol. The van der Waals surface area contributed by atoms with Crippen molar-refractivity contribution in [2.45, 2.75) is 6.92 Å². The Balaban J connectivity index is 2.08. The maximum atomic E-state index is 12.1. The lowest BCUT2D eigenvalue weighted by Crippen LogP contribution is -2.12. The number of carbonyl (C=O) groups is 2. The van der Waals surface area contributed by atoms with E-state index >= 15 is 0 Å². The largest absolute Gasteiger partial charge is 0.398 e. The van der Waals surface area contributed by atoms with E-state index in [1.54, 1.807) is 42.5 Å². The second-order valence-electron chi connectivity index (χ2n) is 4.45. The van der Waals surface area contributed by atoms with E-state index in [4.69, 9.17) is 5.73 Å². The standard InChI is InChI=1S/C15H14BrN3O2/c1-9(20)18-11-3-5-12(6-4-11)19-15(21)10-2-7-13(16)14(17)8-10/h2-8H,17H2,1H3,(H,18,20)(H,19,21). The summed E-state index contributed by atoms with van der Waals surface area (Å²) in [6.45, 7) is 1.44. The highest BCUT2D eigenvalue weighted by molar-refractivity contribution is 9.10. The maximum absolute atomic E-state index is 12.1. The van der Waals surface area contributed by atoms with Crippen LogP contribution in [0.1, 0.15) is 17.3 Å². The van der Waals surface area contributed by atoms with Crippen molar-refractivity contribution in [3.8, 4) is 0 Å². The van der Waals surface area contributed by atoms with Crippen LogP contribution >= 0.6 is 15.9 Å². The van der Waals surface area contributed by atoms with E-state index in [0.29, 0.717) is 22.6 Å². The number of rotatable bonds is 3. The maximum Gasteiger partial charge on any atom is 0.255 e. The quantitative estimate of drug-likeness (QED) is 0.745. The van der Waals surface area contributed by atoms with Crippen LogP contribution in [0.2, 0.25) is 0 Å². The van der Waals surface area contributed by atoms with Crippen LogP contribution in [0.25, 0.3) is 0 Å². The molecule has 2 rings (SSSR count). The Morgan fingerprint density at radius 2 is 1.57 bits per heavy atom. The number of anilines is 3. The van der Waals surface area contributed by atoms with Crippen LogP contribution in [0, 0.1) is 0 Å². The summed E-state index contributed by atoms with van der Waals surface area (Å²) in [5.41, 5.74) is 8.04. The number of carbonyl (C=O) groups excluding carboxylic acids is 2. The van der Waals surface area contributed by atoms with Crippen molar-refractivity contribution in [3.63, 3.8) is 0 Å². The Kier molecular flexibility index (Phi) is 4.59. The van der Waals surface area contributed by atoms with Gasteiger partial charge in [0.05, 0.1) is 0 Å². The molecule has 0 aliphatic heterocycles. The van der Waals surface area contributed by atoms with Crippen LogP contribution in [0.5, 0.6) is 0 Å². The van der Waals surface area contributed by atoms with E-state index in [-0.39, 0.29) is 11.8 Å². The third-order valence-electron chi connectivity index (χ3n) is 2.72. The van der Waals surface area contributed by atoms with E-state index < -0.39 is 0 Å². The summed E-state index contributed by atoms with van der Waals surface area (Å²) < 4.78 is 0.749. The summed E-state index contributed by atoms with van der Waals surface area (Å²) in [6.07, 6.45) is 0. The van der Waals surface area contributed by atoms with E-state index in [1.165, 1.54) is 6.92 Å². The average molecular weight is 348 g/mol. The average Bonchev–Trinajstić information content (AvgIpc) is 2.43. The molecule has 21 heavy (non-hydrogen) atoms.